The lowest BCUT2D eigenvalue weighted by molar-refractivity contribution is 0.00578. The van der Waals surface area contributed by atoms with E-state index < -0.39 is 18.3 Å². The number of benzene rings is 1. The Morgan fingerprint density at radius 3 is 2.28 bits per heavy atom. The van der Waals surface area contributed by atoms with E-state index in [9.17, 15) is 0 Å². The van der Waals surface area contributed by atoms with Gasteiger partial charge >= 0.3 is 7.12 Å². The number of halogens is 3. The Morgan fingerprint density at radius 2 is 1.69 bits per heavy atom. The van der Waals surface area contributed by atoms with E-state index in [1.54, 1.807) is 18.2 Å². The highest BCUT2D eigenvalue weighted by atomic mass is 35.5. The van der Waals surface area contributed by atoms with Gasteiger partial charge in [0, 0.05) is 11.5 Å². The summed E-state index contributed by atoms with van der Waals surface area (Å²) >= 11 is 19.2. The van der Waals surface area contributed by atoms with E-state index in [0.29, 0.717) is 20.7 Å². The highest BCUT2D eigenvalue weighted by molar-refractivity contribution is 6.66. The van der Waals surface area contributed by atoms with Crippen molar-refractivity contribution in [3.05, 3.63) is 39.0 Å². The van der Waals surface area contributed by atoms with Crippen LogP contribution in [0.15, 0.2) is 18.2 Å². The smallest absolute Gasteiger partial charge is 0.434 e. The second-order valence-corrected chi connectivity index (χ2v) is 9.35. The first-order valence-corrected chi connectivity index (χ1v) is 10.6. The normalized spacial score (nSPS) is 18.7. The summed E-state index contributed by atoms with van der Waals surface area (Å²) in [5.74, 6) is 0.745. The van der Waals surface area contributed by atoms with Crippen molar-refractivity contribution < 1.29 is 14.0 Å². The zero-order valence-corrected chi connectivity index (χ0v) is 19.6. The van der Waals surface area contributed by atoms with E-state index in [0.717, 1.165) is 12.0 Å². The fraction of sp³-hybridized carbons (Fsp3) is 0.500. The summed E-state index contributed by atoms with van der Waals surface area (Å²) in [4.78, 5) is 0. The van der Waals surface area contributed by atoms with Gasteiger partial charge in [-0.15, -0.1) is 10.2 Å². The van der Waals surface area contributed by atoms with Gasteiger partial charge in [-0.1, -0.05) is 54.7 Å². The van der Waals surface area contributed by atoms with Crippen molar-refractivity contribution in [2.45, 2.75) is 65.1 Å². The van der Waals surface area contributed by atoms with Crippen LogP contribution in [-0.2, 0) is 9.31 Å². The number of hydrogen-bond acceptors (Lipinski definition) is 5. The second kappa shape index (κ2) is 8.24. The summed E-state index contributed by atoms with van der Waals surface area (Å²) in [6, 6.07) is 5.23. The summed E-state index contributed by atoms with van der Waals surface area (Å²) in [5.41, 5.74) is 0.505. The molecule has 1 aliphatic heterocycles. The predicted molar refractivity (Wildman–Crippen MR) is 118 cm³/mol. The zero-order valence-electron chi connectivity index (χ0n) is 17.3. The van der Waals surface area contributed by atoms with Gasteiger partial charge in [0.1, 0.15) is 0 Å². The molecule has 2 heterocycles. The van der Waals surface area contributed by atoms with Crippen LogP contribution in [0.4, 0.5) is 0 Å². The molecule has 0 N–H and O–H groups in total. The molecule has 1 aromatic heterocycles. The molecule has 1 aromatic carbocycles. The fourth-order valence-electron chi connectivity index (χ4n) is 2.89. The number of aromatic nitrogens is 2. The maximum absolute atomic E-state index is 6.65. The molecular formula is C20H24BCl3N2O3. The largest absolute Gasteiger partial charge is 0.496 e. The molecule has 2 aromatic rings. The van der Waals surface area contributed by atoms with Gasteiger partial charge in [-0.25, -0.2) is 0 Å². The van der Waals surface area contributed by atoms with E-state index in [-0.39, 0.29) is 17.5 Å². The van der Waals surface area contributed by atoms with Gasteiger partial charge in [0.05, 0.1) is 21.2 Å². The van der Waals surface area contributed by atoms with E-state index in [4.69, 9.17) is 48.8 Å². The van der Waals surface area contributed by atoms with E-state index in [2.05, 4.69) is 24.0 Å². The van der Waals surface area contributed by atoms with Gasteiger partial charge in [0.15, 0.2) is 10.9 Å². The quantitative estimate of drug-likeness (QED) is 0.512. The minimum atomic E-state index is -0.640. The number of hydrogen-bond donors (Lipinski definition) is 0. The summed E-state index contributed by atoms with van der Waals surface area (Å²) in [6.45, 7) is 12.1. The molecule has 0 bridgehead atoms. The van der Waals surface area contributed by atoms with Crippen LogP contribution in [0, 0.1) is 0 Å². The van der Waals surface area contributed by atoms with Crippen molar-refractivity contribution in [1.82, 2.24) is 10.2 Å². The topological polar surface area (TPSA) is 53.5 Å². The maximum Gasteiger partial charge on any atom is 0.496 e. The van der Waals surface area contributed by atoms with Crippen molar-refractivity contribution >= 4 is 47.4 Å². The Balaban J connectivity index is 1.95. The molecule has 29 heavy (non-hydrogen) atoms. The highest BCUT2D eigenvalue weighted by Crippen LogP contribution is 2.40. The maximum atomic E-state index is 6.65. The molecule has 3 rings (SSSR count). The van der Waals surface area contributed by atoms with Gasteiger partial charge in [0.2, 0.25) is 5.88 Å². The standard InChI is InChI=1S/C20H24BCl3N2O3/c1-7-11(2)12-10-15(25-26-18(12)24)27-17-14(22)9-8-13(16(17)23)21-28-19(3,4)20(5,6)29-21/h8-11H,7H2,1-6H3. The summed E-state index contributed by atoms with van der Waals surface area (Å²) in [6.07, 6.45) is 0.907. The van der Waals surface area contributed by atoms with Gasteiger partial charge in [-0.05, 0) is 51.7 Å². The van der Waals surface area contributed by atoms with Crippen molar-refractivity contribution in [2.75, 3.05) is 0 Å². The molecule has 1 aliphatic rings. The van der Waals surface area contributed by atoms with Crippen molar-refractivity contribution in [2.24, 2.45) is 0 Å². The minimum absolute atomic E-state index is 0.211. The van der Waals surface area contributed by atoms with Gasteiger partial charge in [-0.2, -0.15) is 0 Å². The van der Waals surface area contributed by atoms with Gasteiger partial charge in [0.25, 0.3) is 0 Å². The molecule has 156 valence electrons. The van der Waals surface area contributed by atoms with Crippen molar-refractivity contribution in [1.29, 1.82) is 0 Å². The highest BCUT2D eigenvalue weighted by Gasteiger charge is 2.52. The van der Waals surface area contributed by atoms with Gasteiger partial charge < -0.3 is 14.0 Å². The van der Waals surface area contributed by atoms with Crippen molar-refractivity contribution in [3.63, 3.8) is 0 Å². The third-order valence-corrected chi connectivity index (χ3v) is 6.67. The van der Waals surface area contributed by atoms with Crippen molar-refractivity contribution in [3.8, 4) is 11.6 Å². The second-order valence-electron chi connectivity index (χ2n) is 8.21. The van der Waals surface area contributed by atoms with E-state index in [1.165, 1.54) is 0 Å². The third kappa shape index (κ3) is 4.37. The number of rotatable bonds is 5. The Kier molecular flexibility index (Phi) is 6.43. The fourth-order valence-corrected chi connectivity index (χ4v) is 3.70. The first-order valence-electron chi connectivity index (χ1n) is 9.51. The molecule has 0 radical (unpaired) electrons. The third-order valence-electron chi connectivity index (χ3n) is 5.69. The summed E-state index contributed by atoms with van der Waals surface area (Å²) in [7, 11) is -0.640. The van der Waals surface area contributed by atoms with Crippen LogP contribution in [0.25, 0.3) is 0 Å². The Labute approximate surface area is 187 Å². The molecule has 0 spiro atoms. The van der Waals surface area contributed by atoms with Crippen LogP contribution >= 0.6 is 34.8 Å². The molecule has 0 amide bonds. The van der Waals surface area contributed by atoms with Crippen LogP contribution < -0.4 is 10.2 Å². The zero-order chi connectivity index (χ0) is 21.6. The predicted octanol–water partition coefficient (Wildman–Crippen LogP) is 6.04. The van der Waals surface area contributed by atoms with Gasteiger partial charge in [-0.3, -0.25) is 0 Å². The number of ether oxygens (including phenoxy) is 1. The first-order chi connectivity index (χ1) is 13.5. The first kappa shape index (κ1) is 22.6. The molecule has 1 atom stereocenters. The average molecular weight is 458 g/mol. The van der Waals surface area contributed by atoms with E-state index >= 15 is 0 Å². The Bertz CT molecular complexity index is 908. The average Bonchev–Trinajstić information content (AvgIpc) is 2.86. The summed E-state index contributed by atoms with van der Waals surface area (Å²) < 4.78 is 18.1. The molecule has 5 nitrogen and oxygen atoms in total. The lowest BCUT2D eigenvalue weighted by Crippen LogP contribution is -2.41. The molecule has 9 heteroatoms. The van der Waals surface area contributed by atoms with Crippen LogP contribution in [0.1, 0.15) is 59.4 Å². The number of nitrogens with zero attached hydrogens (tertiary/aromatic N) is 2. The summed E-state index contributed by atoms with van der Waals surface area (Å²) in [5, 5.41) is 9.02. The monoisotopic (exact) mass is 456 g/mol. The molecule has 1 unspecified atom stereocenters. The van der Waals surface area contributed by atoms with Crippen LogP contribution in [0.3, 0.4) is 0 Å². The van der Waals surface area contributed by atoms with Crippen LogP contribution in [0.2, 0.25) is 15.2 Å². The Morgan fingerprint density at radius 1 is 1.07 bits per heavy atom. The molecule has 0 aliphatic carbocycles. The molecule has 1 saturated heterocycles. The molecule has 0 saturated carbocycles. The van der Waals surface area contributed by atoms with E-state index in [1.807, 2.05) is 27.7 Å². The van der Waals surface area contributed by atoms with Crippen LogP contribution in [0.5, 0.6) is 11.6 Å². The SMILES string of the molecule is CCC(C)c1cc(Oc2c(Cl)ccc(B3OC(C)(C)C(C)(C)O3)c2Cl)nnc1Cl. The Hall–Kier alpha value is -1.05. The molecular weight excluding hydrogens is 433 g/mol. The lowest BCUT2D eigenvalue weighted by Gasteiger charge is -2.32. The van der Waals surface area contributed by atoms with Crippen LogP contribution in [-0.4, -0.2) is 28.5 Å². The minimum Gasteiger partial charge on any atom is -0.434 e. The lowest BCUT2D eigenvalue weighted by atomic mass is 9.79. The molecule has 1 fully saturated rings.